The van der Waals surface area contributed by atoms with Crippen LogP contribution in [0.5, 0.6) is 0 Å². The lowest BCUT2D eigenvalue weighted by Crippen LogP contribution is -2.18. The molecule has 2 N–H and O–H groups in total. The van der Waals surface area contributed by atoms with Gasteiger partial charge in [0.05, 0.1) is 11.4 Å². The lowest BCUT2D eigenvalue weighted by Gasteiger charge is -2.13. The summed E-state index contributed by atoms with van der Waals surface area (Å²) in [6.45, 7) is 3.82. The van der Waals surface area contributed by atoms with Crippen molar-refractivity contribution in [3.8, 4) is 0 Å². The minimum absolute atomic E-state index is 0.132. The SMILES string of the molecule is Cc1cc(C(N)Cc2ncnn2C)c(C)nn1. The summed E-state index contributed by atoms with van der Waals surface area (Å²) in [6.07, 6.45) is 2.17. The average molecular weight is 232 g/mol. The Morgan fingerprint density at radius 1 is 1.35 bits per heavy atom. The molecule has 0 saturated carbocycles. The molecule has 1 atom stereocenters. The first kappa shape index (κ1) is 11.7. The number of aryl methyl sites for hydroxylation is 3. The highest BCUT2D eigenvalue weighted by atomic mass is 15.3. The van der Waals surface area contributed by atoms with Crippen LogP contribution in [0.3, 0.4) is 0 Å². The number of rotatable bonds is 3. The number of aromatic nitrogens is 5. The molecule has 0 bridgehead atoms. The van der Waals surface area contributed by atoms with Crippen LogP contribution >= 0.6 is 0 Å². The standard InChI is InChI=1S/C11H16N6/c1-7-4-9(8(2)16-15-7)10(12)5-11-13-6-14-17(11)3/h4,6,10H,5,12H2,1-3H3. The maximum atomic E-state index is 6.18. The lowest BCUT2D eigenvalue weighted by molar-refractivity contribution is 0.622. The van der Waals surface area contributed by atoms with Crippen LogP contribution in [0.15, 0.2) is 12.4 Å². The Morgan fingerprint density at radius 3 is 2.76 bits per heavy atom. The van der Waals surface area contributed by atoms with Crippen molar-refractivity contribution >= 4 is 0 Å². The van der Waals surface area contributed by atoms with Crippen LogP contribution in [0.1, 0.15) is 28.8 Å². The van der Waals surface area contributed by atoms with Gasteiger partial charge >= 0.3 is 0 Å². The minimum Gasteiger partial charge on any atom is -0.324 e. The summed E-state index contributed by atoms with van der Waals surface area (Å²) in [4.78, 5) is 4.17. The number of hydrogen-bond donors (Lipinski definition) is 1. The summed E-state index contributed by atoms with van der Waals surface area (Å²) in [5.74, 6) is 0.867. The fraction of sp³-hybridized carbons (Fsp3) is 0.455. The molecule has 17 heavy (non-hydrogen) atoms. The van der Waals surface area contributed by atoms with Gasteiger partial charge in [-0.05, 0) is 25.5 Å². The first-order chi connectivity index (χ1) is 8.08. The van der Waals surface area contributed by atoms with Gasteiger partial charge in [-0.1, -0.05) is 0 Å². The summed E-state index contributed by atoms with van der Waals surface area (Å²) in [5, 5.41) is 12.1. The normalized spacial score (nSPS) is 12.7. The van der Waals surface area contributed by atoms with Gasteiger partial charge < -0.3 is 5.73 Å². The van der Waals surface area contributed by atoms with Crippen molar-refractivity contribution in [3.63, 3.8) is 0 Å². The van der Waals surface area contributed by atoms with E-state index in [1.165, 1.54) is 6.33 Å². The van der Waals surface area contributed by atoms with Gasteiger partial charge in [0.25, 0.3) is 0 Å². The Morgan fingerprint density at radius 2 is 2.12 bits per heavy atom. The molecule has 2 heterocycles. The van der Waals surface area contributed by atoms with Gasteiger partial charge in [-0.2, -0.15) is 15.3 Å². The van der Waals surface area contributed by atoms with Crippen molar-refractivity contribution < 1.29 is 0 Å². The zero-order chi connectivity index (χ0) is 12.4. The first-order valence-corrected chi connectivity index (χ1v) is 5.47. The van der Waals surface area contributed by atoms with E-state index >= 15 is 0 Å². The van der Waals surface area contributed by atoms with Gasteiger partial charge in [0, 0.05) is 19.5 Å². The molecule has 0 amide bonds. The Hall–Kier alpha value is -1.82. The Kier molecular flexibility index (Phi) is 3.14. The summed E-state index contributed by atoms with van der Waals surface area (Å²) in [6, 6.07) is 1.84. The quantitative estimate of drug-likeness (QED) is 0.831. The van der Waals surface area contributed by atoms with Crippen molar-refractivity contribution in [3.05, 3.63) is 35.2 Å². The van der Waals surface area contributed by atoms with Gasteiger partial charge in [-0.15, -0.1) is 0 Å². The molecule has 0 radical (unpaired) electrons. The van der Waals surface area contributed by atoms with Gasteiger partial charge in [0.15, 0.2) is 0 Å². The molecule has 0 aliphatic heterocycles. The largest absolute Gasteiger partial charge is 0.324 e. The molecule has 0 fully saturated rings. The smallest absolute Gasteiger partial charge is 0.138 e. The molecular weight excluding hydrogens is 216 g/mol. The third kappa shape index (κ3) is 2.47. The molecule has 6 heteroatoms. The van der Waals surface area contributed by atoms with Crippen LogP contribution in [-0.4, -0.2) is 25.0 Å². The molecule has 2 aromatic rings. The molecule has 0 aliphatic carbocycles. The fourth-order valence-corrected chi connectivity index (χ4v) is 1.76. The van der Waals surface area contributed by atoms with E-state index in [1.54, 1.807) is 4.68 Å². The van der Waals surface area contributed by atoms with E-state index < -0.39 is 0 Å². The van der Waals surface area contributed by atoms with Gasteiger partial charge in [0.2, 0.25) is 0 Å². The Labute approximate surface area is 99.9 Å². The van der Waals surface area contributed by atoms with Crippen molar-refractivity contribution in [2.45, 2.75) is 26.3 Å². The Bertz CT molecular complexity index is 518. The number of nitrogens with two attached hydrogens (primary N) is 1. The number of hydrogen-bond acceptors (Lipinski definition) is 5. The molecule has 2 aromatic heterocycles. The third-order valence-corrected chi connectivity index (χ3v) is 2.75. The van der Waals surface area contributed by atoms with Crippen LogP contribution in [0.25, 0.3) is 0 Å². The molecule has 0 saturated heterocycles. The predicted molar refractivity (Wildman–Crippen MR) is 63.1 cm³/mol. The maximum absolute atomic E-state index is 6.18. The van der Waals surface area contributed by atoms with E-state index in [-0.39, 0.29) is 6.04 Å². The fourth-order valence-electron chi connectivity index (χ4n) is 1.76. The molecule has 90 valence electrons. The third-order valence-electron chi connectivity index (χ3n) is 2.75. The van der Waals surface area contributed by atoms with Gasteiger partial charge in [-0.3, -0.25) is 4.68 Å². The lowest BCUT2D eigenvalue weighted by atomic mass is 10.0. The van der Waals surface area contributed by atoms with E-state index in [1.807, 2.05) is 27.0 Å². The van der Waals surface area contributed by atoms with Crippen molar-refractivity contribution in [2.75, 3.05) is 0 Å². The Balaban J connectivity index is 2.23. The molecule has 2 rings (SSSR count). The second kappa shape index (κ2) is 4.58. The molecule has 0 spiro atoms. The van der Waals surface area contributed by atoms with Crippen LogP contribution in [0.2, 0.25) is 0 Å². The highest BCUT2D eigenvalue weighted by Gasteiger charge is 2.14. The van der Waals surface area contributed by atoms with Crippen molar-refractivity contribution in [1.82, 2.24) is 25.0 Å². The van der Waals surface area contributed by atoms with Gasteiger partial charge in [0.1, 0.15) is 12.2 Å². The maximum Gasteiger partial charge on any atom is 0.138 e. The van der Waals surface area contributed by atoms with Crippen molar-refractivity contribution in [1.29, 1.82) is 0 Å². The van der Waals surface area contributed by atoms with Crippen LogP contribution in [0.4, 0.5) is 0 Å². The summed E-state index contributed by atoms with van der Waals surface area (Å²) < 4.78 is 1.73. The minimum atomic E-state index is -0.132. The average Bonchev–Trinajstić information content (AvgIpc) is 2.68. The van der Waals surface area contributed by atoms with E-state index in [0.717, 1.165) is 22.8 Å². The van der Waals surface area contributed by atoms with E-state index in [0.29, 0.717) is 6.42 Å². The highest BCUT2D eigenvalue weighted by Crippen LogP contribution is 2.17. The van der Waals surface area contributed by atoms with Crippen molar-refractivity contribution in [2.24, 2.45) is 12.8 Å². The zero-order valence-corrected chi connectivity index (χ0v) is 10.3. The molecule has 6 nitrogen and oxygen atoms in total. The summed E-state index contributed by atoms with van der Waals surface area (Å²) >= 11 is 0. The predicted octanol–water partition coefficient (Wildman–Crippen LogP) is 0.464. The summed E-state index contributed by atoms with van der Waals surface area (Å²) in [5.41, 5.74) is 8.93. The summed E-state index contributed by atoms with van der Waals surface area (Å²) in [7, 11) is 1.86. The number of nitrogens with zero attached hydrogens (tertiary/aromatic N) is 5. The monoisotopic (exact) mass is 232 g/mol. The van der Waals surface area contributed by atoms with E-state index in [9.17, 15) is 0 Å². The first-order valence-electron chi connectivity index (χ1n) is 5.47. The van der Waals surface area contributed by atoms with E-state index in [4.69, 9.17) is 5.73 Å². The topological polar surface area (TPSA) is 82.5 Å². The van der Waals surface area contributed by atoms with Crippen LogP contribution < -0.4 is 5.73 Å². The zero-order valence-electron chi connectivity index (χ0n) is 10.3. The van der Waals surface area contributed by atoms with Gasteiger partial charge in [-0.25, -0.2) is 4.98 Å². The van der Waals surface area contributed by atoms with Crippen LogP contribution in [-0.2, 0) is 13.5 Å². The molecule has 1 unspecified atom stereocenters. The second-order valence-corrected chi connectivity index (χ2v) is 4.14. The van der Waals surface area contributed by atoms with Crippen LogP contribution in [0, 0.1) is 13.8 Å². The van der Waals surface area contributed by atoms with E-state index in [2.05, 4.69) is 20.3 Å². The second-order valence-electron chi connectivity index (χ2n) is 4.14. The molecule has 0 aromatic carbocycles. The molecular formula is C11H16N6. The molecule has 0 aliphatic rings. The highest BCUT2D eigenvalue weighted by molar-refractivity contribution is 5.24.